The molecular weight excluding hydrogens is 204 g/mol. The number of unbranched alkanes of at least 4 members (excludes halogenated alkanes) is 3. The van der Waals surface area contributed by atoms with E-state index < -0.39 is 0 Å². The Morgan fingerprint density at radius 3 is 1.21 bits per heavy atom. The normalized spacial score (nSPS) is 11.9. The van der Waals surface area contributed by atoms with Crippen molar-refractivity contribution < 1.29 is 20.4 Å². The SMILES string of the molecule is CCCC[C]([Ti])(CCCC)CCCC. The molecule has 83 valence electrons. The van der Waals surface area contributed by atoms with Gasteiger partial charge in [0.15, 0.2) is 0 Å². The summed E-state index contributed by atoms with van der Waals surface area (Å²) in [6.07, 6.45) is 12.7. The summed E-state index contributed by atoms with van der Waals surface area (Å²) in [6.45, 7) is 6.92. The molecule has 0 aliphatic carbocycles. The van der Waals surface area contributed by atoms with Gasteiger partial charge in [0.1, 0.15) is 0 Å². The van der Waals surface area contributed by atoms with E-state index in [0.29, 0.717) is 3.72 Å². The van der Waals surface area contributed by atoms with Crippen molar-refractivity contribution in [3.63, 3.8) is 0 Å². The minimum absolute atomic E-state index is 0.655. The van der Waals surface area contributed by atoms with Gasteiger partial charge in [-0.1, -0.05) is 0 Å². The van der Waals surface area contributed by atoms with Crippen LogP contribution >= 0.6 is 0 Å². The Bertz CT molecular complexity index is 98.6. The summed E-state index contributed by atoms with van der Waals surface area (Å²) in [6, 6.07) is 0. The molecular formula is C13H27Ti. The van der Waals surface area contributed by atoms with E-state index in [2.05, 4.69) is 41.2 Å². The second kappa shape index (κ2) is 8.98. The average molecular weight is 231 g/mol. The van der Waals surface area contributed by atoms with Crippen molar-refractivity contribution in [2.24, 2.45) is 0 Å². The van der Waals surface area contributed by atoms with E-state index in [1.165, 1.54) is 57.8 Å². The molecule has 0 atom stereocenters. The molecule has 0 saturated carbocycles. The van der Waals surface area contributed by atoms with Gasteiger partial charge < -0.3 is 0 Å². The van der Waals surface area contributed by atoms with Gasteiger partial charge in [0.05, 0.1) is 0 Å². The van der Waals surface area contributed by atoms with Gasteiger partial charge in [0.2, 0.25) is 0 Å². The molecule has 0 fully saturated rings. The first-order valence-electron chi connectivity index (χ1n) is 6.43. The van der Waals surface area contributed by atoms with Crippen molar-refractivity contribution in [2.75, 3.05) is 0 Å². The summed E-state index contributed by atoms with van der Waals surface area (Å²) < 4.78 is 0.655. The van der Waals surface area contributed by atoms with Crippen LogP contribution in [-0.4, -0.2) is 0 Å². The van der Waals surface area contributed by atoms with Crippen LogP contribution in [0.4, 0.5) is 0 Å². The van der Waals surface area contributed by atoms with Gasteiger partial charge in [0.25, 0.3) is 0 Å². The second-order valence-corrected chi connectivity index (χ2v) is 6.25. The summed E-state index contributed by atoms with van der Waals surface area (Å²) in [5.74, 6) is 0. The molecule has 0 N–H and O–H groups in total. The third-order valence-electron chi connectivity index (χ3n) is 3.03. The molecule has 0 aromatic carbocycles. The van der Waals surface area contributed by atoms with Crippen LogP contribution in [0.5, 0.6) is 0 Å². The zero-order chi connectivity index (χ0) is 10.9. The van der Waals surface area contributed by atoms with E-state index in [1.54, 1.807) is 0 Å². The fourth-order valence-corrected chi connectivity index (χ4v) is 2.75. The summed E-state index contributed by atoms with van der Waals surface area (Å²) in [5.41, 5.74) is 0. The Balaban J connectivity index is 3.89. The molecule has 0 bridgehead atoms. The number of rotatable bonds is 9. The van der Waals surface area contributed by atoms with Gasteiger partial charge in [-0.3, -0.25) is 0 Å². The van der Waals surface area contributed by atoms with Crippen molar-refractivity contribution in [1.82, 2.24) is 0 Å². The van der Waals surface area contributed by atoms with Crippen LogP contribution in [0.25, 0.3) is 0 Å². The van der Waals surface area contributed by atoms with E-state index in [-0.39, 0.29) is 0 Å². The molecule has 0 aromatic heterocycles. The molecule has 0 aliphatic heterocycles. The maximum atomic E-state index is 2.51. The van der Waals surface area contributed by atoms with Gasteiger partial charge in [-0.25, -0.2) is 0 Å². The zero-order valence-electron chi connectivity index (χ0n) is 10.4. The van der Waals surface area contributed by atoms with Crippen LogP contribution in [0, 0.1) is 0 Å². The predicted molar refractivity (Wildman–Crippen MR) is 61.3 cm³/mol. The molecule has 0 spiro atoms. The summed E-state index contributed by atoms with van der Waals surface area (Å²) in [5, 5.41) is 0. The minimum atomic E-state index is 0.655. The van der Waals surface area contributed by atoms with Gasteiger partial charge >= 0.3 is 103 Å². The van der Waals surface area contributed by atoms with E-state index in [4.69, 9.17) is 0 Å². The molecule has 0 aliphatic rings. The summed E-state index contributed by atoms with van der Waals surface area (Å²) in [7, 11) is 0. The first-order chi connectivity index (χ1) is 6.68. The van der Waals surface area contributed by atoms with Crippen molar-refractivity contribution in [3.05, 3.63) is 0 Å². The molecule has 0 saturated heterocycles. The molecule has 0 rings (SSSR count). The Kier molecular flexibility index (Phi) is 9.44. The van der Waals surface area contributed by atoms with Crippen molar-refractivity contribution in [1.29, 1.82) is 0 Å². The van der Waals surface area contributed by atoms with Crippen LogP contribution in [-0.2, 0) is 20.4 Å². The van der Waals surface area contributed by atoms with Crippen LogP contribution in [0.3, 0.4) is 0 Å². The number of hydrogen-bond acceptors (Lipinski definition) is 0. The van der Waals surface area contributed by atoms with Gasteiger partial charge in [-0.2, -0.15) is 0 Å². The molecule has 0 radical (unpaired) electrons. The van der Waals surface area contributed by atoms with Crippen LogP contribution in [0.1, 0.15) is 78.6 Å². The molecule has 0 unspecified atom stereocenters. The maximum absolute atomic E-state index is 2.51. The van der Waals surface area contributed by atoms with E-state index in [0.717, 1.165) is 0 Å². The van der Waals surface area contributed by atoms with Gasteiger partial charge in [0, 0.05) is 0 Å². The fourth-order valence-electron chi connectivity index (χ4n) is 1.92. The van der Waals surface area contributed by atoms with Crippen LogP contribution in [0.15, 0.2) is 0 Å². The zero-order valence-corrected chi connectivity index (χ0v) is 11.9. The molecule has 0 nitrogen and oxygen atoms in total. The van der Waals surface area contributed by atoms with Crippen molar-refractivity contribution >= 4 is 0 Å². The van der Waals surface area contributed by atoms with Gasteiger partial charge in [-0.15, -0.1) is 0 Å². The predicted octanol–water partition coefficient (Wildman–Crippen LogP) is 5.26. The number of hydrogen-bond donors (Lipinski definition) is 0. The Labute approximate surface area is 103 Å². The average Bonchev–Trinajstić information content (AvgIpc) is 2.21. The fraction of sp³-hybridized carbons (Fsp3) is 1.00. The molecule has 14 heavy (non-hydrogen) atoms. The van der Waals surface area contributed by atoms with E-state index >= 15 is 0 Å². The Hall–Kier alpha value is 0.714. The monoisotopic (exact) mass is 231 g/mol. The third-order valence-corrected chi connectivity index (χ3v) is 4.20. The van der Waals surface area contributed by atoms with Crippen molar-refractivity contribution in [3.8, 4) is 0 Å². The molecule has 1 heteroatoms. The first-order valence-corrected chi connectivity index (χ1v) is 7.21. The Morgan fingerprint density at radius 2 is 1.00 bits per heavy atom. The molecule has 0 amide bonds. The van der Waals surface area contributed by atoms with E-state index in [1.807, 2.05) is 0 Å². The quantitative estimate of drug-likeness (QED) is 0.474. The Morgan fingerprint density at radius 1 is 0.714 bits per heavy atom. The third kappa shape index (κ3) is 7.07. The first kappa shape index (κ1) is 14.7. The summed E-state index contributed by atoms with van der Waals surface area (Å²) >= 11 is 2.51. The second-order valence-electron chi connectivity index (χ2n) is 4.59. The van der Waals surface area contributed by atoms with Crippen molar-refractivity contribution in [2.45, 2.75) is 82.3 Å². The van der Waals surface area contributed by atoms with Crippen LogP contribution < -0.4 is 0 Å². The summed E-state index contributed by atoms with van der Waals surface area (Å²) in [4.78, 5) is 0. The van der Waals surface area contributed by atoms with Crippen LogP contribution in [0.2, 0.25) is 3.72 Å². The standard InChI is InChI=1S/C13H27.Ti/c1-4-7-10-13(11-8-5-2)12-9-6-3;/h4-12H2,1-3H3;. The topological polar surface area (TPSA) is 0 Å². The molecule has 0 aromatic rings. The van der Waals surface area contributed by atoms with E-state index in [9.17, 15) is 0 Å². The van der Waals surface area contributed by atoms with Gasteiger partial charge in [-0.05, 0) is 0 Å². The molecule has 0 heterocycles.